The molecule has 1 N–H and O–H groups in total. The highest BCUT2D eigenvalue weighted by Gasteiger charge is 2.16. The summed E-state index contributed by atoms with van der Waals surface area (Å²) in [6.45, 7) is 1.47. The summed E-state index contributed by atoms with van der Waals surface area (Å²) >= 11 is 5.28. The second kappa shape index (κ2) is 5.86. The van der Waals surface area contributed by atoms with Crippen LogP contribution >= 0.6 is 11.6 Å². The smallest absolute Gasteiger partial charge is 0.324 e. The van der Waals surface area contributed by atoms with Crippen LogP contribution in [-0.2, 0) is 4.79 Å². The second-order valence-electron chi connectivity index (χ2n) is 3.39. The van der Waals surface area contributed by atoms with E-state index in [-0.39, 0.29) is 11.9 Å². The molecule has 3 amide bonds. The van der Waals surface area contributed by atoms with E-state index in [1.165, 1.54) is 0 Å². The van der Waals surface area contributed by atoms with Crippen LogP contribution in [0.3, 0.4) is 0 Å². The summed E-state index contributed by atoms with van der Waals surface area (Å²) in [5.74, 6) is -0.597. The molecule has 1 fully saturated rings. The van der Waals surface area contributed by atoms with Crippen molar-refractivity contribution in [3.8, 4) is 0 Å². The van der Waals surface area contributed by atoms with Crippen molar-refractivity contribution >= 4 is 23.5 Å². The number of amides is 3. The van der Waals surface area contributed by atoms with Gasteiger partial charge in [0, 0.05) is 13.1 Å². The summed E-state index contributed by atoms with van der Waals surface area (Å²) in [6.07, 6.45) is 4.35. The highest BCUT2D eigenvalue weighted by atomic mass is 35.5. The Morgan fingerprint density at radius 2 is 1.71 bits per heavy atom. The van der Waals surface area contributed by atoms with Crippen LogP contribution < -0.4 is 5.32 Å². The molecule has 14 heavy (non-hydrogen) atoms. The van der Waals surface area contributed by atoms with Crippen molar-refractivity contribution in [3.05, 3.63) is 0 Å². The summed E-state index contributed by atoms with van der Waals surface area (Å²) < 4.78 is 0. The first kappa shape index (κ1) is 11.3. The molecule has 0 saturated carbocycles. The van der Waals surface area contributed by atoms with Crippen LogP contribution in [0.15, 0.2) is 0 Å². The van der Waals surface area contributed by atoms with Crippen molar-refractivity contribution in [2.24, 2.45) is 0 Å². The Bertz CT molecular complexity index is 213. The third kappa shape index (κ3) is 3.54. The SMILES string of the molecule is O=C(CCl)NC(=O)N1CCCCCC1. The fourth-order valence-corrected chi connectivity index (χ4v) is 1.57. The zero-order valence-corrected chi connectivity index (χ0v) is 8.85. The number of imide groups is 1. The number of nitrogens with zero attached hydrogens (tertiary/aromatic N) is 1. The molecule has 0 aliphatic carbocycles. The largest absolute Gasteiger partial charge is 0.324 e. The van der Waals surface area contributed by atoms with Gasteiger partial charge >= 0.3 is 6.03 Å². The summed E-state index contributed by atoms with van der Waals surface area (Å²) in [5.41, 5.74) is 0. The van der Waals surface area contributed by atoms with E-state index in [0.717, 1.165) is 38.8 Å². The highest BCUT2D eigenvalue weighted by Crippen LogP contribution is 2.09. The molecule has 0 aromatic rings. The Balaban J connectivity index is 2.38. The topological polar surface area (TPSA) is 49.4 Å². The van der Waals surface area contributed by atoms with Gasteiger partial charge in [-0.3, -0.25) is 10.1 Å². The monoisotopic (exact) mass is 218 g/mol. The molecule has 0 atom stereocenters. The van der Waals surface area contributed by atoms with Gasteiger partial charge in [0.2, 0.25) is 5.91 Å². The third-order valence-electron chi connectivity index (χ3n) is 2.26. The van der Waals surface area contributed by atoms with E-state index in [0.29, 0.717) is 0 Å². The predicted molar refractivity (Wildman–Crippen MR) is 54.3 cm³/mol. The van der Waals surface area contributed by atoms with Crippen molar-refractivity contribution in [2.75, 3.05) is 19.0 Å². The van der Waals surface area contributed by atoms with Gasteiger partial charge in [-0.1, -0.05) is 12.8 Å². The lowest BCUT2D eigenvalue weighted by Gasteiger charge is -2.19. The molecule has 1 heterocycles. The normalized spacial score (nSPS) is 17.4. The van der Waals surface area contributed by atoms with E-state index in [2.05, 4.69) is 5.32 Å². The Hall–Kier alpha value is -0.770. The van der Waals surface area contributed by atoms with E-state index in [1.54, 1.807) is 4.90 Å². The minimum atomic E-state index is -0.430. The molecule has 80 valence electrons. The van der Waals surface area contributed by atoms with E-state index in [4.69, 9.17) is 11.6 Å². The second-order valence-corrected chi connectivity index (χ2v) is 3.66. The molecule has 0 aromatic heterocycles. The number of halogens is 1. The molecule has 1 rings (SSSR count). The van der Waals surface area contributed by atoms with Crippen LogP contribution in [0.25, 0.3) is 0 Å². The van der Waals surface area contributed by atoms with Gasteiger partial charge in [0.15, 0.2) is 0 Å². The van der Waals surface area contributed by atoms with Gasteiger partial charge in [-0.15, -0.1) is 11.6 Å². The van der Waals surface area contributed by atoms with E-state index < -0.39 is 5.91 Å². The Morgan fingerprint density at radius 3 is 2.21 bits per heavy atom. The first-order chi connectivity index (χ1) is 6.74. The van der Waals surface area contributed by atoms with Crippen molar-refractivity contribution in [3.63, 3.8) is 0 Å². The summed E-state index contributed by atoms with van der Waals surface area (Å²) in [7, 11) is 0. The average Bonchev–Trinajstić information content (AvgIpc) is 2.45. The van der Waals surface area contributed by atoms with Crippen molar-refractivity contribution in [1.82, 2.24) is 10.2 Å². The van der Waals surface area contributed by atoms with Gasteiger partial charge in [-0.05, 0) is 12.8 Å². The molecule has 0 aromatic carbocycles. The van der Waals surface area contributed by atoms with Gasteiger partial charge in [-0.2, -0.15) is 0 Å². The van der Waals surface area contributed by atoms with E-state index in [1.807, 2.05) is 0 Å². The Kier molecular flexibility index (Phi) is 4.73. The Labute approximate surface area is 88.6 Å². The molecule has 0 radical (unpaired) electrons. The summed E-state index contributed by atoms with van der Waals surface area (Å²) in [4.78, 5) is 24.0. The molecule has 1 aliphatic rings. The number of alkyl halides is 1. The first-order valence-electron chi connectivity index (χ1n) is 4.89. The minimum Gasteiger partial charge on any atom is -0.324 e. The van der Waals surface area contributed by atoms with Gasteiger partial charge in [0.05, 0.1) is 0 Å². The fourth-order valence-electron chi connectivity index (χ4n) is 1.51. The predicted octanol–water partition coefficient (Wildman–Crippen LogP) is 1.34. The lowest BCUT2D eigenvalue weighted by atomic mass is 10.2. The lowest BCUT2D eigenvalue weighted by molar-refractivity contribution is -0.117. The molecule has 0 unspecified atom stereocenters. The maximum atomic E-state index is 11.5. The fraction of sp³-hybridized carbons (Fsp3) is 0.778. The van der Waals surface area contributed by atoms with Gasteiger partial charge in [-0.25, -0.2) is 4.79 Å². The van der Waals surface area contributed by atoms with Gasteiger partial charge in [0.1, 0.15) is 5.88 Å². The van der Waals surface area contributed by atoms with E-state index in [9.17, 15) is 9.59 Å². The quantitative estimate of drug-likeness (QED) is 0.676. The molecule has 0 spiro atoms. The zero-order valence-electron chi connectivity index (χ0n) is 8.09. The van der Waals surface area contributed by atoms with Crippen molar-refractivity contribution in [2.45, 2.75) is 25.7 Å². The van der Waals surface area contributed by atoms with Crippen LogP contribution in [0.5, 0.6) is 0 Å². The van der Waals surface area contributed by atoms with E-state index >= 15 is 0 Å². The number of carbonyl (C=O) groups excluding carboxylic acids is 2. The van der Waals surface area contributed by atoms with Gasteiger partial charge < -0.3 is 4.90 Å². The van der Waals surface area contributed by atoms with Crippen molar-refractivity contribution < 1.29 is 9.59 Å². The number of hydrogen-bond donors (Lipinski definition) is 1. The van der Waals surface area contributed by atoms with Crippen LogP contribution in [0.4, 0.5) is 4.79 Å². The first-order valence-corrected chi connectivity index (χ1v) is 5.42. The molecule has 5 heteroatoms. The standard InChI is InChI=1S/C9H15ClN2O2/c10-7-8(13)11-9(14)12-5-3-1-2-4-6-12/h1-7H2,(H,11,13,14). The molecule has 0 bridgehead atoms. The number of rotatable bonds is 1. The molecular weight excluding hydrogens is 204 g/mol. The molecule has 1 saturated heterocycles. The summed E-state index contributed by atoms with van der Waals surface area (Å²) in [5, 5.41) is 2.24. The number of likely N-dealkylation sites (tertiary alicyclic amines) is 1. The van der Waals surface area contributed by atoms with Gasteiger partial charge in [0.25, 0.3) is 0 Å². The number of hydrogen-bond acceptors (Lipinski definition) is 2. The molecule has 4 nitrogen and oxygen atoms in total. The maximum Gasteiger partial charge on any atom is 0.324 e. The van der Waals surface area contributed by atoms with Crippen LogP contribution in [-0.4, -0.2) is 35.8 Å². The zero-order chi connectivity index (χ0) is 10.4. The number of carbonyl (C=O) groups is 2. The summed E-state index contributed by atoms with van der Waals surface area (Å²) in [6, 6.07) is -0.308. The minimum absolute atomic E-state index is 0.167. The average molecular weight is 219 g/mol. The Morgan fingerprint density at radius 1 is 1.14 bits per heavy atom. The third-order valence-corrected chi connectivity index (χ3v) is 2.50. The number of nitrogens with one attached hydrogen (secondary N) is 1. The number of urea groups is 1. The van der Waals surface area contributed by atoms with Crippen LogP contribution in [0.2, 0.25) is 0 Å². The van der Waals surface area contributed by atoms with Crippen LogP contribution in [0, 0.1) is 0 Å². The molecule has 1 aliphatic heterocycles. The molecular formula is C9H15ClN2O2. The van der Waals surface area contributed by atoms with Crippen LogP contribution in [0.1, 0.15) is 25.7 Å². The highest BCUT2D eigenvalue weighted by molar-refractivity contribution is 6.28. The maximum absolute atomic E-state index is 11.5. The lowest BCUT2D eigenvalue weighted by Crippen LogP contribution is -2.43. The van der Waals surface area contributed by atoms with Crippen molar-refractivity contribution in [1.29, 1.82) is 0 Å².